The topological polar surface area (TPSA) is 47.0 Å². The molecule has 0 radical (unpaired) electrons. The minimum atomic E-state index is 0.387. The zero-order valence-electron chi connectivity index (χ0n) is 12.4. The lowest BCUT2D eigenvalue weighted by molar-refractivity contribution is 0.178. The molecule has 2 rings (SSSR count). The highest BCUT2D eigenvalue weighted by Crippen LogP contribution is 2.29. The van der Waals surface area contributed by atoms with E-state index in [9.17, 15) is 0 Å². The molecule has 0 unspecified atom stereocenters. The van der Waals surface area contributed by atoms with Gasteiger partial charge in [-0.05, 0) is 31.6 Å². The normalized spacial score (nSPS) is 22.8. The molecule has 1 fully saturated rings. The molecule has 1 aliphatic carbocycles. The van der Waals surface area contributed by atoms with E-state index in [2.05, 4.69) is 22.2 Å². The van der Waals surface area contributed by atoms with E-state index in [4.69, 9.17) is 16.3 Å². The predicted molar refractivity (Wildman–Crippen MR) is 82.0 cm³/mol. The summed E-state index contributed by atoms with van der Waals surface area (Å²) in [5, 5.41) is 3.96. The van der Waals surface area contributed by atoms with Crippen molar-refractivity contribution in [1.82, 2.24) is 9.97 Å². The van der Waals surface area contributed by atoms with Crippen LogP contribution >= 0.6 is 11.6 Å². The number of nitrogens with zero attached hydrogens (tertiary/aromatic N) is 2. The molecule has 1 aliphatic rings. The Kier molecular flexibility index (Phi) is 6.05. The second-order valence-electron chi connectivity index (χ2n) is 5.58. The van der Waals surface area contributed by atoms with Gasteiger partial charge in [-0.3, -0.25) is 0 Å². The van der Waals surface area contributed by atoms with E-state index in [0.29, 0.717) is 23.6 Å². The lowest BCUT2D eigenvalue weighted by Crippen LogP contribution is -2.26. The fraction of sp³-hybridized carbons (Fsp3) is 0.733. The van der Waals surface area contributed by atoms with Crippen molar-refractivity contribution in [3.05, 3.63) is 17.0 Å². The third-order valence-electron chi connectivity index (χ3n) is 3.91. The zero-order chi connectivity index (χ0) is 14.4. The summed E-state index contributed by atoms with van der Waals surface area (Å²) >= 11 is 6.02. The summed E-state index contributed by atoms with van der Waals surface area (Å²) in [6.45, 7) is 2.66. The van der Waals surface area contributed by atoms with Crippen LogP contribution < -0.4 is 5.32 Å². The Hall–Kier alpha value is -0.870. The van der Waals surface area contributed by atoms with E-state index in [1.165, 1.54) is 38.5 Å². The van der Waals surface area contributed by atoms with Gasteiger partial charge in [-0.15, -0.1) is 0 Å². The third kappa shape index (κ3) is 4.60. The molecule has 4 nitrogen and oxygen atoms in total. The molecule has 1 aromatic heterocycles. The van der Waals surface area contributed by atoms with Crippen LogP contribution in [0.2, 0.25) is 5.15 Å². The largest absolute Gasteiger partial charge is 0.377 e. The van der Waals surface area contributed by atoms with Crippen LogP contribution in [0.5, 0.6) is 0 Å². The van der Waals surface area contributed by atoms with Crippen molar-refractivity contribution in [1.29, 1.82) is 0 Å². The molecule has 112 valence electrons. The van der Waals surface area contributed by atoms with E-state index in [1.54, 1.807) is 13.2 Å². The summed E-state index contributed by atoms with van der Waals surface area (Å²) in [6, 6.07) is 2.29. The Morgan fingerprint density at radius 2 is 2.05 bits per heavy atom. The highest BCUT2D eigenvalue weighted by molar-refractivity contribution is 6.29. The molecule has 0 spiro atoms. The van der Waals surface area contributed by atoms with E-state index < -0.39 is 0 Å². The highest BCUT2D eigenvalue weighted by atomic mass is 35.5. The molecular formula is C15H24ClN3O. The van der Waals surface area contributed by atoms with Gasteiger partial charge in [-0.25, -0.2) is 9.97 Å². The number of rotatable bonds is 6. The van der Waals surface area contributed by atoms with Gasteiger partial charge in [0.25, 0.3) is 0 Å². The molecule has 20 heavy (non-hydrogen) atoms. The van der Waals surface area contributed by atoms with Crippen molar-refractivity contribution in [3.8, 4) is 0 Å². The summed E-state index contributed by atoms with van der Waals surface area (Å²) in [5.74, 6) is 2.36. The summed E-state index contributed by atoms with van der Waals surface area (Å²) in [6.07, 6.45) is 7.72. The van der Waals surface area contributed by atoms with Crippen molar-refractivity contribution in [3.63, 3.8) is 0 Å². The SMILES string of the molecule is CCCC1CCC(Nc2cc(Cl)nc(COC)n2)CC1. The van der Waals surface area contributed by atoms with Crippen LogP contribution in [0.1, 0.15) is 51.3 Å². The average molecular weight is 298 g/mol. The fourth-order valence-electron chi connectivity index (χ4n) is 2.95. The van der Waals surface area contributed by atoms with E-state index in [-0.39, 0.29) is 0 Å². The molecule has 1 heterocycles. The van der Waals surface area contributed by atoms with Gasteiger partial charge in [-0.1, -0.05) is 31.4 Å². The average Bonchev–Trinajstić information content (AvgIpc) is 2.41. The number of nitrogens with one attached hydrogen (secondary N) is 1. The Labute approximate surface area is 126 Å². The monoisotopic (exact) mass is 297 g/mol. The maximum absolute atomic E-state index is 6.02. The first-order chi connectivity index (χ1) is 9.71. The van der Waals surface area contributed by atoms with Gasteiger partial charge in [0.15, 0.2) is 5.82 Å². The van der Waals surface area contributed by atoms with Crippen LogP contribution in [0.4, 0.5) is 5.82 Å². The quantitative estimate of drug-likeness (QED) is 0.805. The highest BCUT2D eigenvalue weighted by Gasteiger charge is 2.20. The molecule has 1 N–H and O–H groups in total. The van der Waals surface area contributed by atoms with Gasteiger partial charge in [0, 0.05) is 19.2 Å². The van der Waals surface area contributed by atoms with Gasteiger partial charge in [0.1, 0.15) is 17.6 Å². The number of hydrogen-bond donors (Lipinski definition) is 1. The lowest BCUT2D eigenvalue weighted by atomic mass is 9.83. The summed E-state index contributed by atoms with van der Waals surface area (Å²) in [4.78, 5) is 8.58. The zero-order valence-corrected chi connectivity index (χ0v) is 13.1. The van der Waals surface area contributed by atoms with Crippen LogP contribution in [0.15, 0.2) is 6.07 Å². The van der Waals surface area contributed by atoms with Crippen molar-refractivity contribution in [2.75, 3.05) is 12.4 Å². The van der Waals surface area contributed by atoms with Crippen LogP contribution in [-0.4, -0.2) is 23.1 Å². The molecule has 1 saturated carbocycles. The van der Waals surface area contributed by atoms with Crippen LogP contribution in [0, 0.1) is 5.92 Å². The van der Waals surface area contributed by atoms with Crippen LogP contribution in [-0.2, 0) is 11.3 Å². The van der Waals surface area contributed by atoms with E-state index >= 15 is 0 Å². The molecule has 0 aromatic carbocycles. The van der Waals surface area contributed by atoms with Gasteiger partial charge in [0.2, 0.25) is 0 Å². The van der Waals surface area contributed by atoms with Gasteiger partial charge < -0.3 is 10.1 Å². The molecular weight excluding hydrogens is 274 g/mol. The minimum Gasteiger partial charge on any atom is -0.377 e. The van der Waals surface area contributed by atoms with Crippen molar-refractivity contribution in [2.24, 2.45) is 5.92 Å². The third-order valence-corrected chi connectivity index (χ3v) is 4.10. The van der Waals surface area contributed by atoms with Crippen molar-refractivity contribution >= 4 is 17.4 Å². The Morgan fingerprint density at radius 3 is 2.70 bits per heavy atom. The molecule has 0 amide bonds. The summed E-state index contributed by atoms with van der Waals surface area (Å²) in [5.41, 5.74) is 0. The Morgan fingerprint density at radius 1 is 1.30 bits per heavy atom. The number of ether oxygens (including phenoxy) is 1. The van der Waals surface area contributed by atoms with Crippen molar-refractivity contribution < 1.29 is 4.74 Å². The summed E-state index contributed by atoms with van der Waals surface area (Å²) < 4.78 is 5.06. The number of anilines is 1. The smallest absolute Gasteiger partial charge is 0.158 e. The van der Waals surface area contributed by atoms with Gasteiger partial charge >= 0.3 is 0 Å². The van der Waals surface area contributed by atoms with E-state index in [0.717, 1.165) is 11.7 Å². The number of aromatic nitrogens is 2. The van der Waals surface area contributed by atoms with Crippen LogP contribution in [0.25, 0.3) is 0 Å². The second kappa shape index (κ2) is 7.79. The van der Waals surface area contributed by atoms with Gasteiger partial charge in [-0.2, -0.15) is 0 Å². The Balaban J connectivity index is 1.90. The number of methoxy groups -OCH3 is 1. The molecule has 5 heteroatoms. The maximum Gasteiger partial charge on any atom is 0.158 e. The second-order valence-corrected chi connectivity index (χ2v) is 5.96. The van der Waals surface area contributed by atoms with Gasteiger partial charge in [0.05, 0.1) is 0 Å². The van der Waals surface area contributed by atoms with Crippen LogP contribution in [0.3, 0.4) is 0 Å². The first-order valence-corrected chi connectivity index (χ1v) is 7.88. The van der Waals surface area contributed by atoms with Crippen molar-refractivity contribution in [2.45, 2.75) is 58.1 Å². The maximum atomic E-state index is 6.02. The minimum absolute atomic E-state index is 0.387. The number of halogens is 1. The fourth-order valence-corrected chi connectivity index (χ4v) is 3.15. The first kappa shape index (κ1) is 15.5. The Bertz CT molecular complexity index is 420. The number of hydrogen-bond acceptors (Lipinski definition) is 4. The first-order valence-electron chi connectivity index (χ1n) is 7.50. The molecule has 1 aromatic rings. The molecule has 0 atom stereocenters. The molecule has 0 saturated heterocycles. The standard InChI is InChI=1S/C15H24ClN3O/c1-3-4-11-5-7-12(8-6-11)17-14-9-13(16)18-15(19-14)10-20-2/h9,11-12H,3-8,10H2,1-2H3,(H,17,18,19). The van der Waals surface area contributed by atoms with E-state index in [1.807, 2.05) is 0 Å². The molecule has 0 aliphatic heterocycles. The molecule has 0 bridgehead atoms. The summed E-state index contributed by atoms with van der Waals surface area (Å²) in [7, 11) is 1.63. The lowest BCUT2D eigenvalue weighted by Gasteiger charge is -2.29. The predicted octanol–water partition coefficient (Wildman–Crippen LogP) is 4.05.